The average Bonchev–Trinajstić information content (AvgIpc) is 2.98. The molecule has 102 valence electrons. The van der Waals surface area contributed by atoms with Gasteiger partial charge in [-0.2, -0.15) is 0 Å². The van der Waals surface area contributed by atoms with Gasteiger partial charge in [0.1, 0.15) is 6.54 Å². The van der Waals surface area contributed by atoms with E-state index in [2.05, 4.69) is 10.2 Å². The Labute approximate surface area is 119 Å². The van der Waals surface area contributed by atoms with Crippen LogP contribution in [0.3, 0.4) is 0 Å². The minimum Gasteiger partial charge on any atom is -0.423 e. The van der Waals surface area contributed by atoms with Crippen LogP contribution in [-0.4, -0.2) is 21.9 Å². The molecule has 0 aliphatic carbocycles. The lowest BCUT2D eigenvalue weighted by molar-refractivity contribution is -0.114. The molecule has 0 bridgehead atoms. The Balaban J connectivity index is 1.96. The van der Waals surface area contributed by atoms with Crippen LogP contribution in [0.15, 0.2) is 22.6 Å². The number of ketones is 1. The first-order valence-corrected chi connectivity index (χ1v) is 6.45. The third-order valence-corrected chi connectivity index (χ3v) is 3.27. The maximum absolute atomic E-state index is 12.0. The van der Waals surface area contributed by atoms with Crippen molar-refractivity contribution in [2.45, 2.75) is 19.9 Å². The quantitative estimate of drug-likeness (QED) is 0.809. The molecule has 0 radical (unpaired) electrons. The standard InChI is InChI=1S/C13H10ClN3O3/c1-2-10-15-16-11(20-10)6-17-9-5-7(14)3-4-8(9)12(18)13(17)19/h3-5H,2,6H2,1H3. The summed E-state index contributed by atoms with van der Waals surface area (Å²) in [5.41, 5.74) is 0.818. The van der Waals surface area contributed by atoms with E-state index < -0.39 is 11.7 Å². The van der Waals surface area contributed by atoms with Gasteiger partial charge in [0.15, 0.2) is 0 Å². The molecule has 6 nitrogen and oxygen atoms in total. The van der Waals surface area contributed by atoms with Crippen LogP contribution in [0.25, 0.3) is 0 Å². The van der Waals surface area contributed by atoms with Crippen molar-refractivity contribution in [3.05, 3.63) is 40.6 Å². The molecule has 1 aliphatic rings. The van der Waals surface area contributed by atoms with E-state index in [-0.39, 0.29) is 12.4 Å². The summed E-state index contributed by atoms with van der Waals surface area (Å²) < 4.78 is 5.36. The van der Waals surface area contributed by atoms with Crippen molar-refractivity contribution < 1.29 is 14.0 Å². The van der Waals surface area contributed by atoms with Gasteiger partial charge in [-0.3, -0.25) is 14.5 Å². The number of fused-ring (bicyclic) bond motifs is 1. The number of nitrogens with zero attached hydrogens (tertiary/aromatic N) is 3. The van der Waals surface area contributed by atoms with Crippen LogP contribution in [0.2, 0.25) is 5.02 Å². The van der Waals surface area contributed by atoms with Crippen molar-refractivity contribution >= 4 is 29.0 Å². The van der Waals surface area contributed by atoms with Crippen LogP contribution in [0, 0.1) is 0 Å². The van der Waals surface area contributed by atoms with Crippen LogP contribution in [0.4, 0.5) is 5.69 Å². The lowest BCUT2D eigenvalue weighted by atomic mass is 10.1. The van der Waals surface area contributed by atoms with Gasteiger partial charge < -0.3 is 4.42 Å². The minimum atomic E-state index is -0.612. The second-order valence-corrected chi connectivity index (χ2v) is 4.76. The van der Waals surface area contributed by atoms with Crippen molar-refractivity contribution in [3.63, 3.8) is 0 Å². The zero-order chi connectivity index (χ0) is 14.3. The molecule has 0 spiro atoms. The number of aromatic nitrogens is 2. The van der Waals surface area contributed by atoms with E-state index >= 15 is 0 Å². The average molecular weight is 292 g/mol. The number of anilines is 1. The van der Waals surface area contributed by atoms with Crippen LogP contribution in [-0.2, 0) is 17.8 Å². The van der Waals surface area contributed by atoms with E-state index in [4.69, 9.17) is 16.0 Å². The molecule has 0 unspecified atom stereocenters. The lowest BCUT2D eigenvalue weighted by Crippen LogP contribution is -2.29. The molecule has 1 aliphatic heterocycles. The summed E-state index contributed by atoms with van der Waals surface area (Å²) in [6.45, 7) is 1.95. The number of carbonyl (C=O) groups is 2. The van der Waals surface area contributed by atoms with E-state index in [1.807, 2.05) is 6.92 Å². The Bertz CT molecular complexity index is 711. The number of rotatable bonds is 3. The molecule has 2 aromatic rings. The number of amides is 1. The normalized spacial score (nSPS) is 14.0. The Hall–Kier alpha value is -2.21. The fourth-order valence-electron chi connectivity index (χ4n) is 2.05. The SMILES string of the molecule is CCc1nnc(CN2C(=O)C(=O)c3ccc(Cl)cc32)o1. The monoisotopic (exact) mass is 291 g/mol. The number of hydrogen-bond acceptors (Lipinski definition) is 5. The number of aryl methyl sites for hydroxylation is 1. The van der Waals surface area contributed by atoms with Gasteiger partial charge in [-0.1, -0.05) is 18.5 Å². The summed E-state index contributed by atoms with van der Waals surface area (Å²) in [4.78, 5) is 25.2. The topological polar surface area (TPSA) is 76.3 Å². The minimum absolute atomic E-state index is 0.0604. The summed E-state index contributed by atoms with van der Waals surface area (Å²) in [6, 6.07) is 4.71. The maximum Gasteiger partial charge on any atom is 0.299 e. The number of hydrogen-bond donors (Lipinski definition) is 0. The molecule has 0 atom stereocenters. The second kappa shape index (κ2) is 4.72. The van der Waals surface area contributed by atoms with Gasteiger partial charge in [-0.05, 0) is 18.2 Å². The maximum atomic E-state index is 12.0. The first-order chi connectivity index (χ1) is 9.60. The van der Waals surface area contributed by atoms with Crippen molar-refractivity contribution in [1.82, 2.24) is 10.2 Å². The van der Waals surface area contributed by atoms with Gasteiger partial charge >= 0.3 is 0 Å². The van der Waals surface area contributed by atoms with Gasteiger partial charge in [-0.25, -0.2) is 0 Å². The summed E-state index contributed by atoms with van der Waals surface area (Å²) >= 11 is 5.91. The predicted octanol–water partition coefficient (Wildman–Crippen LogP) is 2.01. The third kappa shape index (κ3) is 1.98. The molecule has 3 rings (SSSR count). The number of benzene rings is 1. The Kier molecular flexibility index (Phi) is 3.02. The lowest BCUT2D eigenvalue weighted by Gasteiger charge is -2.13. The van der Waals surface area contributed by atoms with Crippen molar-refractivity contribution in [2.75, 3.05) is 4.90 Å². The fraction of sp³-hybridized carbons (Fsp3) is 0.231. The third-order valence-electron chi connectivity index (χ3n) is 3.04. The van der Waals surface area contributed by atoms with Crippen LogP contribution >= 0.6 is 11.6 Å². The zero-order valence-electron chi connectivity index (χ0n) is 10.6. The van der Waals surface area contributed by atoms with E-state index in [9.17, 15) is 9.59 Å². The van der Waals surface area contributed by atoms with Gasteiger partial charge in [0.2, 0.25) is 11.8 Å². The highest BCUT2D eigenvalue weighted by Crippen LogP contribution is 2.32. The fourth-order valence-corrected chi connectivity index (χ4v) is 2.22. The Morgan fingerprint density at radius 1 is 1.25 bits per heavy atom. The van der Waals surface area contributed by atoms with Gasteiger partial charge in [-0.15, -0.1) is 10.2 Å². The highest BCUT2D eigenvalue weighted by atomic mass is 35.5. The molecule has 0 saturated carbocycles. The van der Waals surface area contributed by atoms with Gasteiger partial charge in [0, 0.05) is 11.4 Å². The van der Waals surface area contributed by atoms with Gasteiger partial charge in [0.25, 0.3) is 11.7 Å². The summed E-state index contributed by atoms with van der Waals surface area (Å²) in [5.74, 6) is -0.384. The van der Waals surface area contributed by atoms with Crippen LogP contribution in [0.1, 0.15) is 29.1 Å². The molecule has 2 heterocycles. The number of carbonyl (C=O) groups excluding carboxylic acids is 2. The highest BCUT2D eigenvalue weighted by Gasteiger charge is 2.36. The smallest absolute Gasteiger partial charge is 0.299 e. The zero-order valence-corrected chi connectivity index (χ0v) is 11.3. The van der Waals surface area contributed by atoms with E-state index in [0.29, 0.717) is 28.6 Å². The molecule has 0 N–H and O–H groups in total. The van der Waals surface area contributed by atoms with Gasteiger partial charge in [0.05, 0.1) is 11.3 Å². The van der Waals surface area contributed by atoms with Crippen molar-refractivity contribution in [1.29, 1.82) is 0 Å². The largest absolute Gasteiger partial charge is 0.423 e. The molecule has 0 saturated heterocycles. The molecular weight excluding hydrogens is 282 g/mol. The first-order valence-electron chi connectivity index (χ1n) is 6.07. The highest BCUT2D eigenvalue weighted by molar-refractivity contribution is 6.52. The van der Waals surface area contributed by atoms with Crippen LogP contribution in [0.5, 0.6) is 0 Å². The molecular formula is C13H10ClN3O3. The van der Waals surface area contributed by atoms with Crippen LogP contribution < -0.4 is 4.90 Å². The van der Waals surface area contributed by atoms with E-state index in [0.717, 1.165) is 0 Å². The van der Waals surface area contributed by atoms with Crippen molar-refractivity contribution in [3.8, 4) is 0 Å². The first kappa shape index (κ1) is 12.8. The summed E-state index contributed by atoms with van der Waals surface area (Å²) in [6.07, 6.45) is 0.613. The molecule has 20 heavy (non-hydrogen) atoms. The molecule has 1 aromatic heterocycles. The Morgan fingerprint density at radius 2 is 2.00 bits per heavy atom. The van der Waals surface area contributed by atoms with Crippen molar-refractivity contribution in [2.24, 2.45) is 0 Å². The Morgan fingerprint density at radius 3 is 2.70 bits per heavy atom. The second-order valence-electron chi connectivity index (χ2n) is 4.32. The predicted molar refractivity (Wildman–Crippen MR) is 70.6 cm³/mol. The molecule has 1 aromatic carbocycles. The number of Topliss-reactive ketones (excluding diaryl/α,β-unsaturated/α-hetero) is 1. The van der Waals surface area contributed by atoms with E-state index in [1.54, 1.807) is 18.2 Å². The van der Waals surface area contributed by atoms with E-state index in [1.165, 1.54) is 4.90 Å². The molecule has 1 amide bonds. The summed E-state index contributed by atoms with van der Waals surface area (Å²) in [7, 11) is 0. The molecule has 0 fully saturated rings. The number of halogens is 1. The molecule has 7 heteroatoms. The summed E-state index contributed by atoms with van der Waals surface area (Å²) in [5, 5.41) is 8.13.